The Morgan fingerprint density at radius 2 is 1.81 bits per heavy atom. The summed E-state index contributed by atoms with van der Waals surface area (Å²) in [4.78, 5) is 4.04. The average Bonchev–Trinajstić information content (AvgIpc) is 2.67. The largest absolute Gasteiger partial charge is 0.302 e. The molecule has 0 unspecified atom stereocenters. The van der Waals surface area contributed by atoms with Crippen LogP contribution in [0.1, 0.15) is 40.4 Å². The van der Waals surface area contributed by atoms with Crippen molar-refractivity contribution in [2.24, 2.45) is 0 Å². The maximum absolute atomic E-state index is 4.39. The quantitative estimate of drug-likeness (QED) is 0.758. The minimum atomic E-state index is -0.0204. The lowest BCUT2D eigenvalue weighted by molar-refractivity contribution is 0.276. The summed E-state index contributed by atoms with van der Waals surface area (Å²) in [6.45, 7) is 14.5. The smallest absolute Gasteiger partial charge is 0.180 e. The molecule has 0 aliphatic rings. The van der Waals surface area contributed by atoms with E-state index in [9.17, 15) is 0 Å². The number of hydrogen-bond acceptors (Lipinski definition) is 4. The van der Waals surface area contributed by atoms with Crippen molar-refractivity contribution in [3.63, 3.8) is 0 Å². The van der Waals surface area contributed by atoms with Gasteiger partial charge in [0, 0.05) is 12.0 Å². The number of nitrogens with zero attached hydrogens (tertiary/aromatic N) is 5. The summed E-state index contributed by atoms with van der Waals surface area (Å²) in [6.07, 6.45) is 0. The maximum Gasteiger partial charge on any atom is 0.180 e. The van der Waals surface area contributed by atoms with Crippen LogP contribution in [0.2, 0.25) is 0 Å². The van der Waals surface area contributed by atoms with E-state index >= 15 is 0 Å². The van der Waals surface area contributed by atoms with Crippen molar-refractivity contribution in [2.45, 2.75) is 46.6 Å². The minimum absolute atomic E-state index is 0.0204. The van der Waals surface area contributed by atoms with Gasteiger partial charge in [-0.1, -0.05) is 34.6 Å². The summed E-state index contributed by atoms with van der Waals surface area (Å²) in [7, 11) is 0. The Morgan fingerprint density at radius 3 is 2.25 bits per heavy atom. The SMILES string of the molecule is CCN(CC)CCn1nnc(C(C)(C)C)n1. The Morgan fingerprint density at radius 1 is 1.19 bits per heavy atom. The summed E-state index contributed by atoms with van der Waals surface area (Å²) < 4.78 is 0. The van der Waals surface area contributed by atoms with E-state index in [0.717, 1.165) is 32.0 Å². The van der Waals surface area contributed by atoms with Gasteiger partial charge in [-0.05, 0) is 18.3 Å². The van der Waals surface area contributed by atoms with Gasteiger partial charge < -0.3 is 4.90 Å². The molecule has 0 fully saturated rings. The van der Waals surface area contributed by atoms with Crippen LogP contribution < -0.4 is 0 Å². The Balaban J connectivity index is 2.53. The van der Waals surface area contributed by atoms with Crippen molar-refractivity contribution in [1.29, 1.82) is 0 Å². The fourth-order valence-corrected chi connectivity index (χ4v) is 1.41. The molecule has 0 aliphatic carbocycles. The van der Waals surface area contributed by atoms with Gasteiger partial charge in [-0.2, -0.15) is 4.80 Å². The molecular formula is C11H23N5. The van der Waals surface area contributed by atoms with Crippen LogP contribution in [-0.2, 0) is 12.0 Å². The Hall–Kier alpha value is -0.970. The molecule has 1 aromatic heterocycles. The molecule has 92 valence electrons. The lowest BCUT2D eigenvalue weighted by atomic mass is 9.96. The van der Waals surface area contributed by atoms with Crippen LogP contribution in [-0.4, -0.2) is 44.7 Å². The van der Waals surface area contributed by atoms with Crippen molar-refractivity contribution < 1.29 is 0 Å². The van der Waals surface area contributed by atoms with Gasteiger partial charge in [0.2, 0.25) is 0 Å². The van der Waals surface area contributed by atoms with E-state index in [1.165, 1.54) is 0 Å². The first-order valence-corrected chi connectivity index (χ1v) is 5.98. The molecular weight excluding hydrogens is 202 g/mol. The lowest BCUT2D eigenvalue weighted by Gasteiger charge is -2.16. The van der Waals surface area contributed by atoms with Crippen molar-refractivity contribution in [3.05, 3.63) is 5.82 Å². The molecule has 0 atom stereocenters. The van der Waals surface area contributed by atoms with Crippen LogP contribution in [0.4, 0.5) is 0 Å². The van der Waals surface area contributed by atoms with Crippen LogP contribution >= 0.6 is 0 Å². The monoisotopic (exact) mass is 225 g/mol. The molecule has 0 amide bonds. The standard InChI is InChI=1S/C11H23N5/c1-6-15(7-2)8-9-16-13-10(12-14-16)11(3,4)5/h6-9H2,1-5H3. The molecule has 5 nitrogen and oxygen atoms in total. The predicted molar refractivity (Wildman–Crippen MR) is 64.3 cm³/mol. The van der Waals surface area contributed by atoms with Gasteiger partial charge in [0.15, 0.2) is 5.82 Å². The summed E-state index contributed by atoms with van der Waals surface area (Å²) in [5.41, 5.74) is -0.0204. The minimum Gasteiger partial charge on any atom is -0.302 e. The molecule has 0 saturated heterocycles. The molecule has 1 aromatic rings. The molecule has 1 rings (SSSR count). The van der Waals surface area contributed by atoms with E-state index < -0.39 is 0 Å². The van der Waals surface area contributed by atoms with Gasteiger partial charge in [-0.3, -0.25) is 0 Å². The molecule has 5 heteroatoms. The number of hydrogen-bond donors (Lipinski definition) is 0. The molecule has 16 heavy (non-hydrogen) atoms. The molecule has 0 bridgehead atoms. The van der Waals surface area contributed by atoms with Crippen molar-refractivity contribution >= 4 is 0 Å². The number of tetrazole rings is 1. The van der Waals surface area contributed by atoms with E-state index in [-0.39, 0.29) is 5.41 Å². The van der Waals surface area contributed by atoms with E-state index in [2.05, 4.69) is 54.9 Å². The van der Waals surface area contributed by atoms with Gasteiger partial charge in [0.25, 0.3) is 0 Å². The molecule has 0 N–H and O–H groups in total. The molecule has 0 aromatic carbocycles. The third-order valence-corrected chi connectivity index (χ3v) is 2.63. The predicted octanol–water partition coefficient (Wildman–Crippen LogP) is 1.31. The van der Waals surface area contributed by atoms with Crippen LogP contribution in [0.3, 0.4) is 0 Å². The highest BCUT2D eigenvalue weighted by molar-refractivity contribution is 4.95. The highest BCUT2D eigenvalue weighted by Gasteiger charge is 2.19. The normalized spacial score (nSPS) is 12.4. The number of aromatic nitrogens is 4. The fraction of sp³-hybridized carbons (Fsp3) is 0.909. The summed E-state index contributed by atoms with van der Waals surface area (Å²) in [6, 6.07) is 0. The van der Waals surface area contributed by atoms with Crippen LogP contribution in [0.15, 0.2) is 0 Å². The topological polar surface area (TPSA) is 46.8 Å². The summed E-state index contributed by atoms with van der Waals surface area (Å²) in [5, 5.41) is 12.5. The maximum atomic E-state index is 4.39. The Bertz CT molecular complexity index is 308. The van der Waals surface area contributed by atoms with Gasteiger partial charge in [-0.25, -0.2) is 0 Å². The number of rotatable bonds is 5. The molecule has 0 saturated carbocycles. The van der Waals surface area contributed by atoms with Crippen LogP contribution in [0.25, 0.3) is 0 Å². The van der Waals surface area contributed by atoms with Crippen LogP contribution in [0.5, 0.6) is 0 Å². The van der Waals surface area contributed by atoms with Crippen molar-refractivity contribution in [1.82, 2.24) is 25.1 Å². The van der Waals surface area contributed by atoms with E-state index in [1.807, 2.05) is 0 Å². The van der Waals surface area contributed by atoms with Gasteiger partial charge in [0.05, 0.1) is 6.54 Å². The highest BCUT2D eigenvalue weighted by atomic mass is 15.6. The van der Waals surface area contributed by atoms with Gasteiger partial charge >= 0.3 is 0 Å². The zero-order valence-electron chi connectivity index (χ0n) is 11.1. The summed E-state index contributed by atoms with van der Waals surface area (Å²) in [5.74, 6) is 0.812. The summed E-state index contributed by atoms with van der Waals surface area (Å²) >= 11 is 0. The first kappa shape index (κ1) is 13.1. The van der Waals surface area contributed by atoms with E-state index in [1.54, 1.807) is 4.80 Å². The van der Waals surface area contributed by atoms with Crippen LogP contribution in [0, 0.1) is 0 Å². The molecule has 0 aliphatic heterocycles. The molecule has 0 radical (unpaired) electrons. The van der Waals surface area contributed by atoms with Crippen molar-refractivity contribution in [2.75, 3.05) is 19.6 Å². The zero-order valence-corrected chi connectivity index (χ0v) is 11.1. The van der Waals surface area contributed by atoms with Gasteiger partial charge in [0.1, 0.15) is 0 Å². The third-order valence-electron chi connectivity index (χ3n) is 2.63. The lowest BCUT2D eigenvalue weighted by Crippen LogP contribution is -2.27. The third kappa shape index (κ3) is 3.56. The van der Waals surface area contributed by atoms with Crippen molar-refractivity contribution in [3.8, 4) is 0 Å². The molecule has 1 heterocycles. The van der Waals surface area contributed by atoms with E-state index in [4.69, 9.17) is 0 Å². The highest BCUT2D eigenvalue weighted by Crippen LogP contribution is 2.15. The van der Waals surface area contributed by atoms with E-state index in [0.29, 0.717) is 0 Å². The Labute approximate surface area is 97.8 Å². The second-order valence-corrected chi connectivity index (χ2v) is 4.99. The fourth-order valence-electron chi connectivity index (χ4n) is 1.41. The second-order valence-electron chi connectivity index (χ2n) is 4.99. The average molecular weight is 225 g/mol. The Kier molecular flexibility index (Phi) is 4.41. The second kappa shape index (κ2) is 5.39. The zero-order chi connectivity index (χ0) is 12.2. The van der Waals surface area contributed by atoms with Gasteiger partial charge in [-0.15, -0.1) is 10.2 Å². The first-order chi connectivity index (χ1) is 7.47. The number of likely N-dealkylation sites (N-methyl/N-ethyl adjacent to an activating group) is 1. The molecule has 0 spiro atoms. The first-order valence-electron chi connectivity index (χ1n) is 5.98.